The molecular formula is C14H22N2O. The van der Waals surface area contributed by atoms with Crippen LogP contribution in [-0.4, -0.2) is 24.7 Å². The van der Waals surface area contributed by atoms with E-state index in [0.29, 0.717) is 12.5 Å². The van der Waals surface area contributed by atoms with Crippen molar-refractivity contribution in [1.82, 2.24) is 10.3 Å². The molecular weight excluding hydrogens is 212 g/mol. The zero-order valence-electron chi connectivity index (χ0n) is 10.8. The molecule has 3 nitrogen and oxygen atoms in total. The number of ether oxygens (including phenoxy) is 1. The maximum absolute atomic E-state index is 5.50. The number of hydrogen-bond donors (Lipinski definition) is 1. The lowest BCUT2D eigenvalue weighted by molar-refractivity contribution is 0.246. The van der Waals surface area contributed by atoms with Crippen LogP contribution in [0.3, 0.4) is 0 Å². The molecule has 2 unspecified atom stereocenters. The molecule has 0 bridgehead atoms. The summed E-state index contributed by atoms with van der Waals surface area (Å²) in [7, 11) is 0. The SMILES string of the molecule is CCNCC1CCC1c1cncc(OCC)c1. The van der Waals surface area contributed by atoms with Gasteiger partial charge in [0.05, 0.1) is 12.8 Å². The van der Waals surface area contributed by atoms with E-state index in [9.17, 15) is 0 Å². The summed E-state index contributed by atoms with van der Waals surface area (Å²) < 4.78 is 5.50. The fraction of sp³-hybridized carbons (Fsp3) is 0.643. The van der Waals surface area contributed by atoms with Crippen molar-refractivity contribution in [2.45, 2.75) is 32.6 Å². The highest BCUT2D eigenvalue weighted by atomic mass is 16.5. The zero-order chi connectivity index (χ0) is 12.1. The van der Waals surface area contributed by atoms with E-state index >= 15 is 0 Å². The van der Waals surface area contributed by atoms with Crippen LogP contribution in [0.2, 0.25) is 0 Å². The predicted molar refractivity (Wildman–Crippen MR) is 69.4 cm³/mol. The monoisotopic (exact) mass is 234 g/mol. The van der Waals surface area contributed by atoms with Gasteiger partial charge in [-0.05, 0) is 56.3 Å². The number of hydrogen-bond acceptors (Lipinski definition) is 3. The largest absolute Gasteiger partial charge is 0.492 e. The van der Waals surface area contributed by atoms with E-state index in [1.807, 2.05) is 13.1 Å². The third-order valence-corrected chi connectivity index (χ3v) is 3.55. The summed E-state index contributed by atoms with van der Waals surface area (Å²) in [6.07, 6.45) is 6.40. The molecule has 17 heavy (non-hydrogen) atoms. The number of pyridine rings is 1. The van der Waals surface area contributed by atoms with E-state index in [1.54, 1.807) is 6.20 Å². The van der Waals surface area contributed by atoms with Crippen LogP contribution in [0.25, 0.3) is 0 Å². The van der Waals surface area contributed by atoms with Crippen LogP contribution in [0.1, 0.15) is 38.2 Å². The van der Waals surface area contributed by atoms with Gasteiger partial charge in [0.1, 0.15) is 5.75 Å². The second kappa shape index (κ2) is 6.01. The molecule has 0 amide bonds. The van der Waals surface area contributed by atoms with Crippen LogP contribution in [-0.2, 0) is 0 Å². The van der Waals surface area contributed by atoms with Gasteiger partial charge in [0.25, 0.3) is 0 Å². The molecule has 0 aliphatic heterocycles. The summed E-state index contributed by atoms with van der Waals surface area (Å²) in [4.78, 5) is 4.28. The van der Waals surface area contributed by atoms with Gasteiger partial charge < -0.3 is 10.1 Å². The second-order valence-electron chi connectivity index (χ2n) is 4.64. The van der Waals surface area contributed by atoms with Crippen LogP contribution in [0.4, 0.5) is 0 Å². The number of aromatic nitrogens is 1. The Morgan fingerprint density at radius 3 is 2.88 bits per heavy atom. The van der Waals surface area contributed by atoms with Crippen molar-refractivity contribution in [3.63, 3.8) is 0 Å². The summed E-state index contributed by atoms with van der Waals surface area (Å²) in [5, 5.41) is 3.44. The highest BCUT2D eigenvalue weighted by Crippen LogP contribution is 2.42. The average molecular weight is 234 g/mol. The first-order valence-corrected chi connectivity index (χ1v) is 6.63. The smallest absolute Gasteiger partial charge is 0.137 e. The third-order valence-electron chi connectivity index (χ3n) is 3.55. The minimum absolute atomic E-state index is 0.668. The highest BCUT2D eigenvalue weighted by molar-refractivity contribution is 5.28. The fourth-order valence-corrected chi connectivity index (χ4v) is 2.47. The topological polar surface area (TPSA) is 34.2 Å². The Hall–Kier alpha value is -1.09. The first-order valence-electron chi connectivity index (χ1n) is 6.63. The first-order chi connectivity index (χ1) is 8.35. The van der Waals surface area contributed by atoms with Crippen molar-refractivity contribution in [2.75, 3.05) is 19.7 Å². The van der Waals surface area contributed by atoms with Gasteiger partial charge in [-0.15, -0.1) is 0 Å². The molecule has 0 radical (unpaired) electrons. The molecule has 1 aliphatic carbocycles. The minimum Gasteiger partial charge on any atom is -0.492 e. The lowest BCUT2D eigenvalue weighted by atomic mass is 9.70. The molecule has 0 spiro atoms. The molecule has 0 aromatic carbocycles. The second-order valence-corrected chi connectivity index (χ2v) is 4.64. The predicted octanol–water partition coefficient (Wildman–Crippen LogP) is 2.58. The van der Waals surface area contributed by atoms with Gasteiger partial charge >= 0.3 is 0 Å². The van der Waals surface area contributed by atoms with E-state index in [0.717, 1.165) is 24.8 Å². The van der Waals surface area contributed by atoms with Gasteiger partial charge in [-0.25, -0.2) is 0 Å². The Labute approximate surface area is 104 Å². The van der Waals surface area contributed by atoms with Crippen LogP contribution in [0, 0.1) is 5.92 Å². The first kappa shape index (κ1) is 12.4. The summed E-state index contributed by atoms with van der Waals surface area (Å²) in [6.45, 7) is 7.05. The lowest BCUT2D eigenvalue weighted by Crippen LogP contribution is -2.33. The summed E-state index contributed by atoms with van der Waals surface area (Å²) in [5.74, 6) is 2.34. The van der Waals surface area contributed by atoms with Crippen molar-refractivity contribution in [3.05, 3.63) is 24.0 Å². The van der Waals surface area contributed by atoms with Crippen molar-refractivity contribution in [3.8, 4) is 5.75 Å². The average Bonchev–Trinajstić information content (AvgIpc) is 2.29. The maximum atomic E-state index is 5.50. The molecule has 1 fully saturated rings. The molecule has 94 valence electrons. The minimum atomic E-state index is 0.668. The van der Waals surface area contributed by atoms with Gasteiger partial charge in [0.15, 0.2) is 0 Å². The lowest BCUT2D eigenvalue weighted by Gasteiger charge is -2.37. The fourth-order valence-electron chi connectivity index (χ4n) is 2.47. The number of nitrogens with one attached hydrogen (secondary N) is 1. The Balaban J connectivity index is 1.99. The standard InChI is InChI=1S/C14H22N2O/c1-3-15-8-11-5-6-14(11)12-7-13(17-4-2)10-16-9-12/h7,9-11,14-15H,3-6,8H2,1-2H3. The van der Waals surface area contributed by atoms with Gasteiger partial charge in [-0.2, -0.15) is 0 Å². The van der Waals surface area contributed by atoms with Gasteiger partial charge in [0.2, 0.25) is 0 Å². The number of nitrogens with zero attached hydrogens (tertiary/aromatic N) is 1. The zero-order valence-corrected chi connectivity index (χ0v) is 10.8. The molecule has 1 aromatic heterocycles. The van der Waals surface area contributed by atoms with Crippen LogP contribution >= 0.6 is 0 Å². The normalized spacial score (nSPS) is 23.2. The summed E-state index contributed by atoms with van der Waals surface area (Å²) in [5.41, 5.74) is 1.34. The van der Waals surface area contributed by atoms with E-state index in [1.165, 1.54) is 18.4 Å². The molecule has 1 aliphatic rings. The van der Waals surface area contributed by atoms with E-state index < -0.39 is 0 Å². The third kappa shape index (κ3) is 2.97. The van der Waals surface area contributed by atoms with Gasteiger partial charge in [0, 0.05) is 6.20 Å². The van der Waals surface area contributed by atoms with Crippen molar-refractivity contribution in [1.29, 1.82) is 0 Å². The molecule has 1 aromatic rings. The molecule has 0 saturated heterocycles. The van der Waals surface area contributed by atoms with E-state index in [2.05, 4.69) is 23.3 Å². The summed E-state index contributed by atoms with van der Waals surface area (Å²) in [6, 6.07) is 2.15. The Kier molecular flexibility index (Phi) is 4.37. The Morgan fingerprint density at radius 1 is 1.35 bits per heavy atom. The van der Waals surface area contributed by atoms with Crippen molar-refractivity contribution >= 4 is 0 Å². The highest BCUT2D eigenvalue weighted by Gasteiger charge is 2.31. The van der Waals surface area contributed by atoms with Crippen LogP contribution < -0.4 is 10.1 Å². The molecule has 3 heteroatoms. The van der Waals surface area contributed by atoms with Crippen LogP contribution in [0.5, 0.6) is 5.75 Å². The van der Waals surface area contributed by atoms with Crippen LogP contribution in [0.15, 0.2) is 18.5 Å². The molecule has 1 N–H and O–H groups in total. The molecule has 1 heterocycles. The summed E-state index contributed by atoms with van der Waals surface area (Å²) >= 11 is 0. The maximum Gasteiger partial charge on any atom is 0.137 e. The molecule has 2 atom stereocenters. The van der Waals surface area contributed by atoms with E-state index in [-0.39, 0.29) is 0 Å². The Morgan fingerprint density at radius 2 is 2.24 bits per heavy atom. The van der Waals surface area contributed by atoms with Crippen molar-refractivity contribution < 1.29 is 4.74 Å². The Bertz CT molecular complexity index is 354. The molecule has 1 saturated carbocycles. The van der Waals surface area contributed by atoms with E-state index in [4.69, 9.17) is 4.74 Å². The molecule has 2 rings (SSSR count). The quantitative estimate of drug-likeness (QED) is 0.821. The van der Waals surface area contributed by atoms with Crippen molar-refractivity contribution in [2.24, 2.45) is 5.92 Å². The van der Waals surface area contributed by atoms with Gasteiger partial charge in [-0.1, -0.05) is 6.92 Å². The van der Waals surface area contributed by atoms with Gasteiger partial charge in [-0.3, -0.25) is 4.98 Å². The number of rotatable bonds is 6.